The van der Waals surface area contributed by atoms with Crippen molar-refractivity contribution in [3.8, 4) is 0 Å². The molecule has 3 atom stereocenters. The first-order valence-electron chi connectivity index (χ1n) is 8.06. The molecule has 0 heterocycles. The van der Waals surface area contributed by atoms with E-state index in [-0.39, 0.29) is 23.5 Å². The van der Waals surface area contributed by atoms with Crippen LogP contribution in [-0.2, 0) is 14.3 Å². The van der Waals surface area contributed by atoms with Crippen molar-refractivity contribution in [1.82, 2.24) is 5.32 Å². The molecule has 0 saturated heterocycles. The highest BCUT2D eigenvalue weighted by Crippen LogP contribution is 2.24. The number of hydrogen-bond acceptors (Lipinski definition) is 5. The van der Waals surface area contributed by atoms with Gasteiger partial charge in [0.25, 0.3) is 0 Å². The van der Waals surface area contributed by atoms with Gasteiger partial charge >= 0.3 is 12.1 Å². The Labute approximate surface area is 139 Å². The lowest BCUT2D eigenvalue weighted by molar-refractivity contribution is -0.168. The number of esters is 1. The molecule has 0 rings (SSSR count). The molecule has 2 N–H and O–H groups in total. The maximum absolute atomic E-state index is 11.8. The zero-order valence-corrected chi connectivity index (χ0v) is 15.1. The average Bonchev–Trinajstić information content (AvgIpc) is 2.41. The number of alkyl carbamates (subject to hydrolysis) is 1. The largest absolute Gasteiger partial charge is 0.513 e. The van der Waals surface area contributed by atoms with Crippen LogP contribution in [-0.4, -0.2) is 30.0 Å². The van der Waals surface area contributed by atoms with Crippen molar-refractivity contribution in [3.63, 3.8) is 0 Å². The van der Waals surface area contributed by atoms with E-state index in [9.17, 15) is 14.7 Å². The SMILES string of the molecule is C=C(O)C[C@@H](CNC(=O)O[C@H](C)OC(=O)C(C)C)C(C)C(C)C. The number of aliphatic hydroxyl groups excluding tert-OH is 1. The smallest absolute Gasteiger partial charge is 0.410 e. The quantitative estimate of drug-likeness (QED) is 0.383. The van der Waals surface area contributed by atoms with E-state index in [1.54, 1.807) is 13.8 Å². The summed E-state index contributed by atoms with van der Waals surface area (Å²) in [6, 6.07) is 0. The minimum atomic E-state index is -0.946. The molecule has 0 aliphatic carbocycles. The van der Waals surface area contributed by atoms with Gasteiger partial charge in [-0.1, -0.05) is 41.2 Å². The van der Waals surface area contributed by atoms with E-state index in [2.05, 4.69) is 32.7 Å². The zero-order valence-electron chi connectivity index (χ0n) is 15.1. The maximum atomic E-state index is 11.8. The molecule has 0 spiro atoms. The van der Waals surface area contributed by atoms with E-state index < -0.39 is 18.4 Å². The van der Waals surface area contributed by atoms with Crippen LogP contribution >= 0.6 is 0 Å². The molecule has 0 fully saturated rings. The Morgan fingerprint density at radius 3 is 2.09 bits per heavy atom. The van der Waals surface area contributed by atoms with Gasteiger partial charge in [0, 0.05) is 19.9 Å². The van der Waals surface area contributed by atoms with Crippen LogP contribution in [0.5, 0.6) is 0 Å². The van der Waals surface area contributed by atoms with Crippen LogP contribution in [0.1, 0.15) is 48.0 Å². The maximum Gasteiger partial charge on any atom is 0.410 e. The Morgan fingerprint density at radius 2 is 1.65 bits per heavy atom. The number of rotatable bonds is 9. The van der Waals surface area contributed by atoms with E-state index in [0.717, 1.165) is 0 Å². The van der Waals surface area contributed by atoms with Crippen molar-refractivity contribution >= 4 is 12.1 Å². The third-order valence-electron chi connectivity index (χ3n) is 3.83. The normalized spacial score (nSPS) is 15.0. The monoisotopic (exact) mass is 329 g/mol. The number of aliphatic hydroxyl groups is 1. The fraction of sp³-hybridized carbons (Fsp3) is 0.765. The van der Waals surface area contributed by atoms with Gasteiger partial charge in [-0.2, -0.15) is 0 Å². The van der Waals surface area contributed by atoms with Crippen LogP contribution in [0.15, 0.2) is 12.3 Å². The summed E-state index contributed by atoms with van der Waals surface area (Å²) in [5.41, 5.74) is 0. The number of hydrogen-bond donors (Lipinski definition) is 2. The third kappa shape index (κ3) is 9.11. The number of carbonyl (C=O) groups excluding carboxylic acids is 2. The van der Waals surface area contributed by atoms with Crippen LogP contribution < -0.4 is 5.32 Å². The summed E-state index contributed by atoms with van der Waals surface area (Å²) >= 11 is 0. The van der Waals surface area contributed by atoms with Gasteiger partial charge in [0.2, 0.25) is 6.29 Å². The van der Waals surface area contributed by atoms with Crippen LogP contribution in [0.2, 0.25) is 0 Å². The summed E-state index contributed by atoms with van der Waals surface area (Å²) in [6.45, 7) is 15.0. The highest BCUT2D eigenvalue weighted by Gasteiger charge is 2.23. The van der Waals surface area contributed by atoms with Crippen molar-refractivity contribution < 1.29 is 24.2 Å². The average molecular weight is 329 g/mol. The molecule has 6 heteroatoms. The van der Waals surface area contributed by atoms with Crippen LogP contribution in [0.4, 0.5) is 4.79 Å². The van der Waals surface area contributed by atoms with Gasteiger partial charge in [-0.15, -0.1) is 0 Å². The first kappa shape index (κ1) is 21.3. The van der Waals surface area contributed by atoms with Gasteiger partial charge < -0.3 is 19.9 Å². The molecule has 0 aromatic heterocycles. The summed E-state index contributed by atoms with van der Waals surface area (Å²) in [5.74, 6) is 0.132. The van der Waals surface area contributed by atoms with E-state index >= 15 is 0 Å². The Bertz CT molecular complexity index is 406. The van der Waals surface area contributed by atoms with E-state index in [1.807, 2.05) is 0 Å². The molecular weight excluding hydrogens is 298 g/mol. The van der Waals surface area contributed by atoms with E-state index in [4.69, 9.17) is 9.47 Å². The second-order valence-corrected chi connectivity index (χ2v) is 6.58. The minimum Gasteiger partial charge on any atom is -0.513 e. The number of carbonyl (C=O) groups is 2. The Balaban J connectivity index is 4.41. The first-order chi connectivity index (χ1) is 10.5. The molecule has 0 radical (unpaired) electrons. The van der Waals surface area contributed by atoms with Crippen molar-refractivity contribution in [1.29, 1.82) is 0 Å². The summed E-state index contributed by atoms with van der Waals surface area (Å²) in [4.78, 5) is 23.2. The van der Waals surface area contributed by atoms with Gasteiger partial charge in [-0.3, -0.25) is 4.79 Å². The lowest BCUT2D eigenvalue weighted by atomic mass is 9.82. The third-order valence-corrected chi connectivity index (χ3v) is 3.83. The molecule has 134 valence electrons. The lowest BCUT2D eigenvalue weighted by Gasteiger charge is -2.27. The minimum absolute atomic E-state index is 0.0496. The van der Waals surface area contributed by atoms with Crippen molar-refractivity contribution in [2.24, 2.45) is 23.7 Å². The number of ether oxygens (including phenoxy) is 2. The second-order valence-electron chi connectivity index (χ2n) is 6.58. The van der Waals surface area contributed by atoms with Gasteiger partial charge in [0.15, 0.2) is 0 Å². The molecule has 23 heavy (non-hydrogen) atoms. The molecule has 1 amide bonds. The summed E-state index contributed by atoms with van der Waals surface area (Å²) < 4.78 is 9.95. The van der Waals surface area contributed by atoms with Crippen molar-refractivity contribution in [2.75, 3.05) is 6.54 Å². The molecule has 1 unspecified atom stereocenters. The highest BCUT2D eigenvalue weighted by atomic mass is 16.7. The molecule has 0 aromatic carbocycles. The van der Waals surface area contributed by atoms with E-state index in [0.29, 0.717) is 18.9 Å². The Kier molecular flexibility index (Phi) is 9.37. The molecule has 0 saturated carbocycles. The predicted octanol–water partition coefficient (Wildman–Crippen LogP) is 3.63. The standard InChI is InChI=1S/C17H31NO5/c1-10(2)13(6)15(8-12(5)19)9-18-17(21)23-14(7)22-16(20)11(3)4/h10-11,13-15,19H,5,8-9H2,1-4,6-7H3,(H,18,21)/t13?,14-,15+/m1/s1. The molecule has 0 aliphatic heterocycles. The zero-order chi connectivity index (χ0) is 18.2. The lowest BCUT2D eigenvalue weighted by Crippen LogP contribution is -2.36. The molecule has 0 aliphatic rings. The second kappa shape index (κ2) is 10.1. The van der Waals surface area contributed by atoms with Crippen LogP contribution in [0, 0.1) is 23.7 Å². The Hall–Kier alpha value is -1.72. The van der Waals surface area contributed by atoms with Crippen LogP contribution in [0.3, 0.4) is 0 Å². The molecule has 0 aromatic rings. The Morgan fingerprint density at radius 1 is 1.09 bits per heavy atom. The summed E-state index contributed by atoms with van der Waals surface area (Å²) in [5, 5.41) is 12.1. The topological polar surface area (TPSA) is 84.9 Å². The van der Waals surface area contributed by atoms with Crippen molar-refractivity contribution in [2.45, 2.75) is 54.3 Å². The fourth-order valence-electron chi connectivity index (χ4n) is 2.02. The van der Waals surface area contributed by atoms with Gasteiger partial charge in [0.1, 0.15) is 0 Å². The first-order valence-corrected chi connectivity index (χ1v) is 8.06. The highest BCUT2D eigenvalue weighted by molar-refractivity contribution is 5.72. The number of amides is 1. The summed E-state index contributed by atoms with van der Waals surface area (Å²) in [7, 11) is 0. The number of allylic oxidation sites excluding steroid dienone is 1. The predicted molar refractivity (Wildman–Crippen MR) is 88.8 cm³/mol. The summed E-state index contributed by atoms with van der Waals surface area (Å²) in [6.07, 6.45) is -1.19. The fourth-order valence-corrected chi connectivity index (χ4v) is 2.02. The van der Waals surface area contributed by atoms with Crippen LogP contribution in [0.25, 0.3) is 0 Å². The van der Waals surface area contributed by atoms with Gasteiger partial charge in [-0.05, 0) is 17.8 Å². The molecular formula is C17H31NO5. The molecule has 6 nitrogen and oxygen atoms in total. The van der Waals surface area contributed by atoms with E-state index in [1.165, 1.54) is 6.92 Å². The molecule has 0 bridgehead atoms. The number of nitrogens with one attached hydrogen (secondary N) is 1. The van der Waals surface area contributed by atoms with Crippen molar-refractivity contribution in [3.05, 3.63) is 12.3 Å². The van der Waals surface area contributed by atoms with Gasteiger partial charge in [0.05, 0.1) is 11.7 Å². The van der Waals surface area contributed by atoms with Gasteiger partial charge in [-0.25, -0.2) is 4.79 Å².